The molecule has 0 amide bonds. The van der Waals surface area contributed by atoms with Crippen LogP contribution in [0.5, 0.6) is 11.5 Å². The normalized spacial score (nSPS) is 11.7. The van der Waals surface area contributed by atoms with E-state index in [9.17, 15) is 0 Å². The van der Waals surface area contributed by atoms with Crippen LogP contribution in [0.25, 0.3) is 0 Å². The molecule has 0 fully saturated rings. The zero-order valence-corrected chi connectivity index (χ0v) is 15.7. The minimum atomic E-state index is 0.0323. The molecule has 0 radical (unpaired) electrons. The van der Waals surface area contributed by atoms with Gasteiger partial charge in [-0.2, -0.15) is 0 Å². The predicted octanol–water partition coefficient (Wildman–Crippen LogP) is 5.01. The lowest BCUT2D eigenvalue weighted by atomic mass is 9.86. The topological polar surface area (TPSA) is 51.0 Å². The number of rotatable bonds is 6. The van der Waals surface area contributed by atoms with Crippen molar-refractivity contribution in [1.29, 1.82) is 0 Å². The molecule has 0 saturated heterocycles. The van der Waals surface area contributed by atoms with Gasteiger partial charge in [-0.15, -0.1) is 0 Å². The monoisotopic (exact) mass is 391 g/mol. The van der Waals surface area contributed by atoms with Gasteiger partial charge in [0.05, 0.1) is 10.7 Å². The first kappa shape index (κ1) is 18.3. The van der Waals surface area contributed by atoms with E-state index >= 15 is 0 Å². The van der Waals surface area contributed by atoms with E-state index in [4.69, 9.17) is 14.7 Å². The number of ether oxygens (including phenoxy) is 2. The highest BCUT2D eigenvalue weighted by Gasteiger charge is 2.18. The SMILES string of the molecule is CC(C)(C)c1ccccc1OCCOc1ccc(C=NO)cc1Br. The second-order valence-electron chi connectivity index (χ2n) is 6.38. The van der Waals surface area contributed by atoms with Crippen LogP contribution in [0.15, 0.2) is 52.1 Å². The second-order valence-corrected chi connectivity index (χ2v) is 7.23. The number of halogens is 1. The van der Waals surface area contributed by atoms with Crippen LogP contribution < -0.4 is 9.47 Å². The van der Waals surface area contributed by atoms with Crippen molar-refractivity contribution >= 4 is 22.1 Å². The molecule has 0 saturated carbocycles. The predicted molar refractivity (Wildman–Crippen MR) is 99.7 cm³/mol. The molecule has 24 heavy (non-hydrogen) atoms. The molecule has 5 heteroatoms. The zero-order chi connectivity index (χ0) is 17.6. The number of benzene rings is 2. The van der Waals surface area contributed by atoms with E-state index in [-0.39, 0.29) is 5.41 Å². The van der Waals surface area contributed by atoms with Crippen molar-refractivity contribution in [3.8, 4) is 11.5 Å². The minimum Gasteiger partial charge on any atom is -0.490 e. The molecule has 0 atom stereocenters. The van der Waals surface area contributed by atoms with Crippen LogP contribution in [0, 0.1) is 0 Å². The quantitative estimate of drug-likeness (QED) is 0.325. The van der Waals surface area contributed by atoms with Crippen molar-refractivity contribution in [1.82, 2.24) is 0 Å². The smallest absolute Gasteiger partial charge is 0.133 e. The summed E-state index contributed by atoms with van der Waals surface area (Å²) in [6.07, 6.45) is 1.36. The highest BCUT2D eigenvalue weighted by atomic mass is 79.9. The first-order valence-electron chi connectivity index (χ1n) is 7.74. The Balaban J connectivity index is 1.92. The first-order valence-corrected chi connectivity index (χ1v) is 8.53. The molecule has 0 spiro atoms. The van der Waals surface area contributed by atoms with Crippen LogP contribution in [-0.2, 0) is 5.41 Å². The minimum absolute atomic E-state index is 0.0323. The Hall–Kier alpha value is -2.01. The van der Waals surface area contributed by atoms with Gasteiger partial charge in [-0.3, -0.25) is 0 Å². The van der Waals surface area contributed by atoms with Crippen LogP contribution in [0.3, 0.4) is 0 Å². The van der Waals surface area contributed by atoms with Gasteiger partial charge in [0.1, 0.15) is 24.7 Å². The summed E-state index contributed by atoms with van der Waals surface area (Å²) in [5, 5.41) is 11.6. The average molecular weight is 392 g/mol. The molecule has 0 heterocycles. The van der Waals surface area contributed by atoms with Crippen molar-refractivity contribution in [2.24, 2.45) is 5.16 Å². The summed E-state index contributed by atoms with van der Waals surface area (Å²) in [4.78, 5) is 0. The van der Waals surface area contributed by atoms with E-state index in [1.807, 2.05) is 36.4 Å². The van der Waals surface area contributed by atoms with Gasteiger partial charge in [0.25, 0.3) is 0 Å². The first-order chi connectivity index (χ1) is 11.4. The Kier molecular flexibility index (Phi) is 6.26. The Labute approximate surface area is 151 Å². The highest BCUT2D eigenvalue weighted by molar-refractivity contribution is 9.10. The van der Waals surface area contributed by atoms with Crippen LogP contribution in [0.1, 0.15) is 31.9 Å². The summed E-state index contributed by atoms with van der Waals surface area (Å²) >= 11 is 3.44. The van der Waals surface area contributed by atoms with Crippen molar-refractivity contribution in [3.63, 3.8) is 0 Å². The maximum Gasteiger partial charge on any atom is 0.133 e. The Bertz CT molecular complexity index is 708. The number of oxime groups is 1. The summed E-state index contributed by atoms with van der Waals surface area (Å²) in [6.45, 7) is 7.39. The summed E-state index contributed by atoms with van der Waals surface area (Å²) in [5.41, 5.74) is 2.00. The van der Waals surface area contributed by atoms with Crippen LogP contribution in [0.4, 0.5) is 0 Å². The third kappa shape index (κ3) is 4.99. The second kappa shape index (κ2) is 8.20. The molecule has 0 aromatic heterocycles. The molecule has 1 N–H and O–H groups in total. The van der Waals surface area contributed by atoms with Gasteiger partial charge in [-0.25, -0.2) is 0 Å². The summed E-state index contributed by atoms with van der Waals surface area (Å²) in [5.74, 6) is 1.61. The molecule has 0 aliphatic rings. The molecule has 0 bridgehead atoms. The molecular weight excluding hydrogens is 370 g/mol. The fourth-order valence-electron chi connectivity index (χ4n) is 2.30. The molecule has 2 aromatic carbocycles. The fourth-order valence-corrected chi connectivity index (χ4v) is 2.81. The third-order valence-corrected chi connectivity index (χ3v) is 4.08. The number of nitrogens with zero attached hydrogens (tertiary/aromatic N) is 1. The van der Waals surface area contributed by atoms with Gasteiger partial charge >= 0.3 is 0 Å². The molecular formula is C19H22BrNO3. The van der Waals surface area contributed by atoms with Crippen molar-refractivity contribution in [2.75, 3.05) is 13.2 Å². The van der Waals surface area contributed by atoms with E-state index in [1.165, 1.54) is 11.8 Å². The largest absolute Gasteiger partial charge is 0.490 e. The number of hydrogen-bond acceptors (Lipinski definition) is 4. The van der Waals surface area contributed by atoms with Crippen LogP contribution in [-0.4, -0.2) is 24.6 Å². The lowest BCUT2D eigenvalue weighted by molar-refractivity contribution is 0.213. The van der Waals surface area contributed by atoms with Gasteiger partial charge < -0.3 is 14.7 Å². The molecule has 128 valence electrons. The van der Waals surface area contributed by atoms with Crippen molar-refractivity contribution in [2.45, 2.75) is 26.2 Å². The van der Waals surface area contributed by atoms with Crippen LogP contribution in [0.2, 0.25) is 0 Å². The molecule has 4 nitrogen and oxygen atoms in total. The lowest BCUT2D eigenvalue weighted by Gasteiger charge is -2.22. The third-order valence-electron chi connectivity index (χ3n) is 3.46. The van der Waals surface area contributed by atoms with Crippen molar-refractivity contribution in [3.05, 3.63) is 58.1 Å². The molecule has 0 unspecified atom stereocenters. The fraction of sp³-hybridized carbons (Fsp3) is 0.316. The van der Waals surface area contributed by atoms with Gasteiger partial charge in [-0.05, 0) is 56.7 Å². The van der Waals surface area contributed by atoms with Gasteiger partial charge in [-0.1, -0.05) is 44.1 Å². The number of hydrogen-bond donors (Lipinski definition) is 1. The number of para-hydroxylation sites is 1. The van der Waals surface area contributed by atoms with E-state index in [0.717, 1.165) is 21.5 Å². The van der Waals surface area contributed by atoms with Crippen molar-refractivity contribution < 1.29 is 14.7 Å². The lowest BCUT2D eigenvalue weighted by Crippen LogP contribution is -2.15. The maximum absolute atomic E-state index is 8.55. The summed E-state index contributed by atoms with van der Waals surface area (Å²) < 4.78 is 12.4. The maximum atomic E-state index is 8.55. The Morgan fingerprint density at radius 1 is 1.04 bits per heavy atom. The van der Waals surface area contributed by atoms with E-state index < -0.39 is 0 Å². The zero-order valence-electron chi connectivity index (χ0n) is 14.1. The molecule has 2 rings (SSSR count). The molecule has 0 aliphatic carbocycles. The standard InChI is InChI=1S/C19H22BrNO3/c1-19(2,3)15-6-4-5-7-17(15)23-10-11-24-18-9-8-14(13-21-22)12-16(18)20/h4-9,12-13,22H,10-11H2,1-3H3. The summed E-state index contributed by atoms with van der Waals surface area (Å²) in [7, 11) is 0. The van der Waals surface area contributed by atoms with E-state index in [0.29, 0.717) is 13.2 Å². The van der Waals surface area contributed by atoms with Gasteiger partial charge in [0.2, 0.25) is 0 Å². The van der Waals surface area contributed by atoms with E-state index in [1.54, 1.807) is 0 Å². The van der Waals surface area contributed by atoms with E-state index in [2.05, 4.69) is 47.9 Å². The average Bonchev–Trinajstić information content (AvgIpc) is 2.53. The molecule has 2 aromatic rings. The highest BCUT2D eigenvalue weighted by Crippen LogP contribution is 2.31. The summed E-state index contributed by atoms with van der Waals surface area (Å²) in [6, 6.07) is 13.5. The van der Waals surface area contributed by atoms with Crippen LogP contribution >= 0.6 is 15.9 Å². The Morgan fingerprint density at radius 3 is 2.33 bits per heavy atom. The molecule has 0 aliphatic heterocycles. The van der Waals surface area contributed by atoms with Gasteiger partial charge in [0, 0.05) is 0 Å². The Morgan fingerprint density at radius 2 is 1.71 bits per heavy atom. The van der Waals surface area contributed by atoms with Gasteiger partial charge in [0.15, 0.2) is 0 Å².